The van der Waals surface area contributed by atoms with Gasteiger partial charge in [-0.2, -0.15) is 0 Å². The van der Waals surface area contributed by atoms with Crippen molar-refractivity contribution >= 4 is 46.8 Å². The lowest BCUT2D eigenvalue weighted by atomic mass is 10.2. The van der Waals surface area contributed by atoms with Gasteiger partial charge in [-0.05, 0) is 49.7 Å². The summed E-state index contributed by atoms with van der Waals surface area (Å²) >= 11 is 13.6. The van der Waals surface area contributed by atoms with E-state index in [0.717, 1.165) is 5.56 Å². The fourth-order valence-electron chi connectivity index (χ4n) is 2.51. The number of carbonyl (C=O) groups excluding carboxylic acids is 1. The predicted molar refractivity (Wildman–Crippen MR) is 117 cm³/mol. The monoisotopic (exact) mass is 450 g/mol. The molecule has 1 aromatic heterocycles. The zero-order valence-electron chi connectivity index (χ0n) is 15.9. The number of aromatic nitrogens is 3. The topological polar surface area (TPSA) is 69.0 Å². The van der Waals surface area contributed by atoms with Crippen molar-refractivity contribution in [1.82, 2.24) is 14.8 Å². The number of carbonyl (C=O) groups is 1. The van der Waals surface area contributed by atoms with E-state index in [2.05, 4.69) is 15.5 Å². The first-order valence-electron chi connectivity index (χ1n) is 9.00. The van der Waals surface area contributed by atoms with Crippen molar-refractivity contribution in [1.29, 1.82) is 0 Å². The molecule has 1 atom stereocenters. The maximum absolute atomic E-state index is 12.5. The highest BCUT2D eigenvalue weighted by Gasteiger charge is 2.19. The van der Waals surface area contributed by atoms with Gasteiger partial charge in [0.2, 0.25) is 5.95 Å². The molecule has 0 aliphatic heterocycles. The van der Waals surface area contributed by atoms with E-state index in [4.69, 9.17) is 27.9 Å². The van der Waals surface area contributed by atoms with E-state index < -0.39 is 6.10 Å². The van der Waals surface area contributed by atoms with E-state index in [1.165, 1.54) is 11.8 Å². The van der Waals surface area contributed by atoms with Gasteiger partial charge in [-0.1, -0.05) is 53.2 Å². The van der Waals surface area contributed by atoms with Gasteiger partial charge in [-0.3, -0.25) is 14.7 Å². The quantitative estimate of drug-likeness (QED) is 0.471. The smallest absolute Gasteiger partial charge is 0.267 e. The highest BCUT2D eigenvalue weighted by molar-refractivity contribution is 7.98. The van der Waals surface area contributed by atoms with Gasteiger partial charge >= 0.3 is 0 Å². The third-order valence-corrected chi connectivity index (χ3v) is 5.71. The SMILES string of the molecule is CCn1c(NC(=O)C(C)Oc2ccc(Cl)cc2)nnc1SCc1ccccc1Cl. The van der Waals surface area contributed by atoms with Gasteiger partial charge in [-0.25, -0.2) is 0 Å². The lowest BCUT2D eigenvalue weighted by Gasteiger charge is -2.15. The van der Waals surface area contributed by atoms with Crippen LogP contribution in [0.3, 0.4) is 0 Å². The number of hydrogen-bond donors (Lipinski definition) is 1. The molecule has 1 heterocycles. The molecule has 0 fully saturated rings. The molecule has 0 radical (unpaired) electrons. The Balaban J connectivity index is 1.63. The Labute approximate surface area is 183 Å². The minimum atomic E-state index is -0.711. The van der Waals surface area contributed by atoms with Crippen LogP contribution in [0.15, 0.2) is 53.7 Å². The van der Waals surface area contributed by atoms with Crippen molar-refractivity contribution in [3.8, 4) is 5.75 Å². The van der Waals surface area contributed by atoms with E-state index in [9.17, 15) is 4.79 Å². The Bertz CT molecular complexity index is 979. The summed E-state index contributed by atoms with van der Waals surface area (Å²) in [7, 11) is 0. The number of anilines is 1. The Morgan fingerprint density at radius 3 is 2.59 bits per heavy atom. The standard InChI is InChI=1S/C20H20Cl2N4O2S/c1-3-26-19(23-18(27)13(2)28-16-10-8-15(21)9-11-16)24-25-20(26)29-12-14-6-4-5-7-17(14)22/h4-11,13H,3,12H2,1-2H3,(H,23,24,27). The molecule has 152 valence electrons. The van der Waals surface area contributed by atoms with Gasteiger partial charge in [0, 0.05) is 22.3 Å². The molecule has 2 aromatic carbocycles. The molecule has 0 spiro atoms. The number of amides is 1. The number of halogens is 2. The van der Waals surface area contributed by atoms with Crippen molar-refractivity contribution in [3.63, 3.8) is 0 Å². The van der Waals surface area contributed by atoms with E-state index in [-0.39, 0.29) is 5.91 Å². The lowest BCUT2D eigenvalue weighted by Crippen LogP contribution is -2.31. The average molecular weight is 451 g/mol. The fraction of sp³-hybridized carbons (Fsp3) is 0.250. The molecule has 6 nitrogen and oxygen atoms in total. The fourth-order valence-corrected chi connectivity index (χ4v) is 3.93. The van der Waals surface area contributed by atoms with Crippen LogP contribution in [0.1, 0.15) is 19.4 Å². The molecule has 1 amide bonds. The van der Waals surface area contributed by atoms with Crippen molar-refractivity contribution < 1.29 is 9.53 Å². The van der Waals surface area contributed by atoms with Gasteiger partial charge in [0.1, 0.15) is 5.75 Å². The first-order valence-corrected chi connectivity index (χ1v) is 10.7. The molecule has 9 heteroatoms. The Morgan fingerprint density at radius 1 is 1.17 bits per heavy atom. The molecule has 0 aliphatic carbocycles. The third kappa shape index (κ3) is 5.65. The van der Waals surface area contributed by atoms with Crippen LogP contribution in [-0.4, -0.2) is 26.8 Å². The molecule has 1 unspecified atom stereocenters. The number of hydrogen-bond acceptors (Lipinski definition) is 5. The molecular formula is C20H20Cl2N4O2S. The molecule has 29 heavy (non-hydrogen) atoms. The Hall–Kier alpha value is -2.22. The minimum Gasteiger partial charge on any atom is -0.481 e. The number of nitrogens with one attached hydrogen (secondary N) is 1. The van der Waals surface area contributed by atoms with Crippen LogP contribution in [0.2, 0.25) is 10.0 Å². The van der Waals surface area contributed by atoms with Crippen LogP contribution in [0.25, 0.3) is 0 Å². The van der Waals surface area contributed by atoms with Gasteiger partial charge in [0.15, 0.2) is 11.3 Å². The second-order valence-electron chi connectivity index (χ2n) is 6.13. The van der Waals surface area contributed by atoms with Gasteiger partial charge in [0.05, 0.1) is 0 Å². The summed E-state index contributed by atoms with van der Waals surface area (Å²) in [6.45, 7) is 4.25. The molecule has 0 saturated heterocycles. The van der Waals surface area contributed by atoms with Gasteiger partial charge in [0.25, 0.3) is 5.91 Å². The number of thioether (sulfide) groups is 1. The van der Waals surface area contributed by atoms with Gasteiger partial charge < -0.3 is 4.74 Å². The maximum Gasteiger partial charge on any atom is 0.267 e. The first-order chi connectivity index (χ1) is 14.0. The van der Waals surface area contributed by atoms with E-state index in [1.807, 2.05) is 35.8 Å². The number of nitrogens with zero attached hydrogens (tertiary/aromatic N) is 3. The lowest BCUT2D eigenvalue weighted by molar-refractivity contribution is -0.122. The molecule has 3 aromatic rings. The zero-order chi connectivity index (χ0) is 20.8. The summed E-state index contributed by atoms with van der Waals surface area (Å²) in [5.41, 5.74) is 1.01. The number of rotatable bonds is 8. The Morgan fingerprint density at radius 2 is 1.90 bits per heavy atom. The van der Waals surface area contributed by atoms with Crippen LogP contribution in [0.5, 0.6) is 5.75 Å². The zero-order valence-corrected chi connectivity index (χ0v) is 18.3. The normalized spacial score (nSPS) is 11.9. The predicted octanol–water partition coefficient (Wildman–Crippen LogP) is 5.30. The molecule has 0 bridgehead atoms. The molecule has 0 aliphatic rings. The second-order valence-corrected chi connectivity index (χ2v) is 7.92. The van der Waals surface area contributed by atoms with Crippen LogP contribution in [0, 0.1) is 0 Å². The summed E-state index contributed by atoms with van der Waals surface area (Å²) < 4.78 is 7.50. The van der Waals surface area contributed by atoms with Crippen LogP contribution < -0.4 is 10.1 Å². The van der Waals surface area contributed by atoms with E-state index in [1.54, 1.807) is 31.2 Å². The minimum absolute atomic E-state index is 0.315. The highest BCUT2D eigenvalue weighted by Crippen LogP contribution is 2.27. The van der Waals surface area contributed by atoms with Crippen molar-refractivity contribution in [2.75, 3.05) is 5.32 Å². The van der Waals surface area contributed by atoms with Crippen molar-refractivity contribution in [2.45, 2.75) is 37.4 Å². The molecule has 3 rings (SSSR count). The first kappa shape index (κ1) is 21.5. The molecule has 1 N–H and O–H groups in total. The average Bonchev–Trinajstić information content (AvgIpc) is 3.10. The van der Waals surface area contributed by atoms with E-state index in [0.29, 0.717) is 39.2 Å². The Kier molecular flexibility index (Phi) is 7.41. The largest absolute Gasteiger partial charge is 0.481 e. The third-order valence-electron chi connectivity index (χ3n) is 4.08. The highest BCUT2D eigenvalue weighted by atomic mass is 35.5. The second kappa shape index (κ2) is 10.0. The summed E-state index contributed by atoms with van der Waals surface area (Å²) in [5.74, 6) is 1.28. The van der Waals surface area contributed by atoms with Crippen molar-refractivity contribution in [3.05, 3.63) is 64.1 Å². The summed E-state index contributed by atoms with van der Waals surface area (Å²) in [6.07, 6.45) is -0.711. The summed E-state index contributed by atoms with van der Waals surface area (Å²) in [4.78, 5) is 12.5. The number of ether oxygens (including phenoxy) is 1. The maximum atomic E-state index is 12.5. The van der Waals surface area contributed by atoms with Crippen LogP contribution >= 0.6 is 35.0 Å². The van der Waals surface area contributed by atoms with Crippen LogP contribution in [-0.2, 0) is 17.1 Å². The van der Waals surface area contributed by atoms with Crippen molar-refractivity contribution in [2.24, 2.45) is 0 Å². The van der Waals surface area contributed by atoms with Gasteiger partial charge in [-0.15, -0.1) is 10.2 Å². The molecule has 0 saturated carbocycles. The van der Waals surface area contributed by atoms with Crippen LogP contribution in [0.4, 0.5) is 5.95 Å². The van der Waals surface area contributed by atoms with E-state index >= 15 is 0 Å². The summed E-state index contributed by atoms with van der Waals surface area (Å²) in [6, 6.07) is 14.5. The molecular weight excluding hydrogens is 431 g/mol. The number of benzene rings is 2. The summed E-state index contributed by atoms with van der Waals surface area (Å²) in [5, 5.41) is 13.1.